The van der Waals surface area contributed by atoms with Gasteiger partial charge in [0, 0.05) is 19.5 Å². The summed E-state index contributed by atoms with van der Waals surface area (Å²) in [5.41, 5.74) is 1.36. The Morgan fingerprint density at radius 1 is 1.30 bits per heavy atom. The van der Waals surface area contributed by atoms with E-state index in [1.165, 1.54) is 0 Å². The fourth-order valence-electron chi connectivity index (χ4n) is 2.40. The molecule has 1 aromatic carbocycles. The third-order valence-electron chi connectivity index (χ3n) is 3.87. The molecule has 1 aromatic heterocycles. The second-order valence-corrected chi connectivity index (χ2v) is 6.08. The van der Waals surface area contributed by atoms with Gasteiger partial charge in [0.05, 0.1) is 7.11 Å². The molecule has 0 bridgehead atoms. The topological polar surface area (TPSA) is 55.3 Å². The number of aldehydes is 1. The molecule has 0 amide bonds. The van der Waals surface area contributed by atoms with Crippen molar-refractivity contribution in [2.24, 2.45) is 0 Å². The Balaban J connectivity index is 1.86. The van der Waals surface area contributed by atoms with E-state index in [0.29, 0.717) is 35.4 Å². The van der Waals surface area contributed by atoms with Gasteiger partial charge in [0.2, 0.25) is 0 Å². The van der Waals surface area contributed by atoms with Gasteiger partial charge in [-0.2, -0.15) is 0 Å². The molecule has 0 spiro atoms. The Morgan fingerprint density at radius 2 is 2.00 bits per heavy atom. The van der Waals surface area contributed by atoms with Crippen molar-refractivity contribution >= 4 is 23.7 Å². The van der Waals surface area contributed by atoms with Gasteiger partial charge in [-0.3, -0.25) is 4.79 Å². The number of aromatic nitrogens is 2. The highest BCUT2D eigenvalue weighted by molar-refractivity contribution is 6.35. The van der Waals surface area contributed by atoms with E-state index in [0.717, 1.165) is 24.2 Å². The van der Waals surface area contributed by atoms with Crippen molar-refractivity contribution < 1.29 is 9.53 Å². The van der Waals surface area contributed by atoms with Crippen LogP contribution in [-0.2, 0) is 6.54 Å². The summed E-state index contributed by atoms with van der Waals surface area (Å²) in [6.45, 7) is 0.628. The number of benzene rings is 1. The van der Waals surface area contributed by atoms with Crippen LogP contribution < -0.4 is 9.64 Å². The molecular formula is C17H18ClN3O2. The third-order valence-corrected chi connectivity index (χ3v) is 4.23. The van der Waals surface area contributed by atoms with Gasteiger partial charge >= 0.3 is 0 Å². The van der Waals surface area contributed by atoms with E-state index in [1.54, 1.807) is 7.11 Å². The second-order valence-electron chi connectivity index (χ2n) is 5.70. The van der Waals surface area contributed by atoms with Crippen LogP contribution in [0, 0.1) is 0 Å². The Kier molecular flexibility index (Phi) is 4.48. The van der Waals surface area contributed by atoms with E-state index in [9.17, 15) is 4.79 Å². The quantitative estimate of drug-likeness (QED) is 0.759. The lowest BCUT2D eigenvalue weighted by molar-refractivity contribution is 0.111. The zero-order valence-electron chi connectivity index (χ0n) is 13.1. The molecule has 0 unspecified atom stereocenters. The number of rotatable bonds is 6. The molecule has 1 aliphatic carbocycles. The fraction of sp³-hybridized carbons (Fsp3) is 0.353. The number of hydrogen-bond donors (Lipinski definition) is 0. The highest BCUT2D eigenvalue weighted by atomic mass is 35.5. The molecule has 0 atom stereocenters. The predicted octanol–water partition coefficient (Wildman–Crippen LogP) is 3.46. The van der Waals surface area contributed by atoms with Gasteiger partial charge in [-0.05, 0) is 30.5 Å². The lowest BCUT2D eigenvalue weighted by Gasteiger charge is -2.20. The molecule has 0 aliphatic heterocycles. The number of hydrogen-bond acceptors (Lipinski definition) is 5. The molecule has 0 N–H and O–H groups in total. The minimum atomic E-state index is 0.264. The third kappa shape index (κ3) is 3.45. The summed E-state index contributed by atoms with van der Waals surface area (Å²) in [7, 11) is 3.55. The zero-order valence-corrected chi connectivity index (χ0v) is 13.9. The summed E-state index contributed by atoms with van der Waals surface area (Å²) in [6, 6.07) is 7.81. The first-order chi connectivity index (χ1) is 11.1. The minimum Gasteiger partial charge on any atom is -0.497 e. The first kappa shape index (κ1) is 15.7. The van der Waals surface area contributed by atoms with E-state index >= 15 is 0 Å². The second kappa shape index (κ2) is 6.54. The molecule has 5 nitrogen and oxygen atoms in total. The maximum absolute atomic E-state index is 11.2. The highest BCUT2D eigenvalue weighted by Gasteiger charge is 2.29. The Morgan fingerprint density at radius 3 is 2.57 bits per heavy atom. The van der Waals surface area contributed by atoms with Gasteiger partial charge in [-0.25, -0.2) is 9.97 Å². The van der Waals surface area contributed by atoms with Crippen LogP contribution in [0.2, 0.25) is 5.02 Å². The molecule has 3 rings (SSSR count). The van der Waals surface area contributed by atoms with Crippen molar-refractivity contribution in [3.8, 4) is 5.75 Å². The van der Waals surface area contributed by atoms with Gasteiger partial charge in [-0.15, -0.1) is 0 Å². The van der Waals surface area contributed by atoms with Crippen LogP contribution in [0.4, 0.5) is 5.82 Å². The van der Waals surface area contributed by atoms with E-state index in [1.807, 2.05) is 36.2 Å². The average Bonchev–Trinajstić information content (AvgIpc) is 3.40. The molecule has 1 saturated carbocycles. The van der Waals surface area contributed by atoms with Crippen LogP contribution in [0.3, 0.4) is 0 Å². The predicted molar refractivity (Wildman–Crippen MR) is 89.5 cm³/mol. The highest BCUT2D eigenvalue weighted by Crippen LogP contribution is 2.40. The van der Waals surface area contributed by atoms with Crippen molar-refractivity contribution in [1.82, 2.24) is 9.97 Å². The van der Waals surface area contributed by atoms with Crippen LogP contribution >= 0.6 is 11.6 Å². The van der Waals surface area contributed by atoms with Crippen molar-refractivity contribution in [3.63, 3.8) is 0 Å². The monoisotopic (exact) mass is 331 g/mol. The van der Waals surface area contributed by atoms with Gasteiger partial charge in [-0.1, -0.05) is 23.7 Å². The molecule has 0 radical (unpaired) electrons. The Bertz CT molecular complexity index is 715. The Labute approximate surface area is 140 Å². The Hall–Kier alpha value is -2.14. The van der Waals surface area contributed by atoms with E-state index < -0.39 is 0 Å². The van der Waals surface area contributed by atoms with E-state index in [4.69, 9.17) is 16.3 Å². The molecule has 1 fully saturated rings. The molecule has 1 heterocycles. The lowest BCUT2D eigenvalue weighted by Crippen LogP contribution is -2.20. The number of carbonyl (C=O) groups excluding carboxylic acids is 1. The number of nitrogens with zero attached hydrogens (tertiary/aromatic N) is 3. The molecule has 120 valence electrons. The standard InChI is InChI=1S/C17H18ClN3O2/c1-21(9-11-3-7-13(23-2)8-4-11)17-15(18)14(10-22)19-16(20-17)12-5-6-12/h3-4,7-8,10,12H,5-6,9H2,1-2H3. The first-order valence-corrected chi connectivity index (χ1v) is 7.87. The summed E-state index contributed by atoms with van der Waals surface area (Å²) in [5, 5.41) is 0.306. The zero-order chi connectivity index (χ0) is 16.4. The molecule has 0 saturated heterocycles. The number of methoxy groups -OCH3 is 1. The van der Waals surface area contributed by atoms with Crippen LogP contribution in [0.1, 0.15) is 40.6 Å². The molecule has 23 heavy (non-hydrogen) atoms. The van der Waals surface area contributed by atoms with Gasteiger partial charge < -0.3 is 9.64 Å². The van der Waals surface area contributed by atoms with Crippen molar-refractivity contribution in [1.29, 1.82) is 0 Å². The summed E-state index contributed by atoms with van der Waals surface area (Å²) in [5.74, 6) is 2.49. The van der Waals surface area contributed by atoms with E-state index in [2.05, 4.69) is 9.97 Å². The van der Waals surface area contributed by atoms with Crippen LogP contribution in [0.5, 0.6) is 5.75 Å². The summed E-state index contributed by atoms with van der Waals surface area (Å²) in [4.78, 5) is 22.0. The van der Waals surface area contributed by atoms with Gasteiger partial charge in [0.25, 0.3) is 0 Å². The molecular weight excluding hydrogens is 314 g/mol. The summed E-state index contributed by atoms with van der Waals surface area (Å²) < 4.78 is 5.16. The summed E-state index contributed by atoms with van der Waals surface area (Å²) >= 11 is 6.30. The van der Waals surface area contributed by atoms with Crippen LogP contribution in [0.15, 0.2) is 24.3 Å². The number of ether oxygens (including phenoxy) is 1. The number of anilines is 1. The fourth-order valence-corrected chi connectivity index (χ4v) is 2.68. The van der Waals surface area contributed by atoms with Crippen LogP contribution in [0.25, 0.3) is 0 Å². The first-order valence-electron chi connectivity index (χ1n) is 7.49. The molecule has 2 aromatic rings. The summed E-state index contributed by atoms with van der Waals surface area (Å²) in [6.07, 6.45) is 2.84. The largest absolute Gasteiger partial charge is 0.497 e. The molecule has 1 aliphatic rings. The van der Waals surface area contributed by atoms with Crippen molar-refractivity contribution in [3.05, 3.63) is 46.4 Å². The van der Waals surface area contributed by atoms with Gasteiger partial charge in [0.1, 0.15) is 22.3 Å². The lowest BCUT2D eigenvalue weighted by atomic mass is 10.2. The SMILES string of the molecule is COc1ccc(CN(C)c2nc(C3CC3)nc(C=O)c2Cl)cc1. The van der Waals surface area contributed by atoms with Crippen molar-refractivity contribution in [2.75, 3.05) is 19.1 Å². The van der Waals surface area contributed by atoms with Crippen molar-refractivity contribution in [2.45, 2.75) is 25.3 Å². The molecule has 6 heteroatoms. The normalized spacial score (nSPS) is 13.7. The minimum absolute atomic E-state index is 0.264. The maximum atomic E-state index is 11.2. The maximum Gasteiger partial charge on any atom is 0.170 e. The van der Waals surface area contributed by atoms with Gasteiger partial charge in [0.15, 0.2) is 12.1 Å². The number of carbonyl (C=O) groups is 1. The average molecular weight is 332 g/mol. The number of halogens is 1. The van der Waals surface area contributed by atoms with Crippen LogP contribution in [-0.4, -0.2) is 30.4 Å². The smallest absolute Gasteiger partial charge is 0.170 e. The van der Waals surface area contributed by atoms with E-state index in [-0.39, 0.29) is 5.69 Å².